The zero-order valence-corrected chi connectivity index (χ0v) is 9.41. The van der Waals surface area contributed by atoms with E-state index in [-0.39, 0.29) is 11.0 Å². The van der Waals surface area contributed by atoms with Crippen LogP contribution in [-0.2, 0) is 4.74 Å². The third kappa shape index (κ3) is 4.41. The van der Waals surface area contributed by atoms with Crippen LogP contribution in [0.1, 0.15) is 48.5 Å². The molecule has 0 aliphatic heterocycles. The molecule has 0 bridgehead atoms. The number of rotatable bonds is 1. The van der Waals surface area contributed by atoms with Gasteiger partial charge in [-0.2, -0.15) is 0 Å². The van der Waals surface area contributed by atoms with E-state index < -0.39 is 0 Å². The summed E-state index contributed by atoms with van der Waals surface area (Å²) in [6.45, 7) is 14.7. The van der Waals surface area contributed by atoms with Crippen LogP contribution >= 0.6 is 0 Å². The second-order valence-corrected chi connectivity index (χ2v) is 3.96. The summed E-state index contributed by atoms with van der Waals surface area (Å²) in [6, 6.07) is 0. The van der Waals surface area contributed by atoms with E-state index in [0.717, 1.165) is 0 Å². The zero-order chi connectivity index (χ0) is 9.71. The molecule has 0 rings (SSSR count). The highest BCUT2D eigenvalue weighted by Crippen LogP contribution is 2.31. The molecule has 0 spiro atoms. The highest BCUT2D eigenvalue weighted by Gasteiger charge is 2.32. The van der Waals surface area contributed by atoms with E-state index in [1.165, 1.54) is 0 Å². The van der Waals surface area contributed by atoms with Gasteiger partial charge < -0.3 is 4.74 Å². The lowest BCUT2D eigenvalue weighted by Crippen LogP contribution is -2.38. The zero-order valence-electron chi connectivity index (χ0n) is 9.41. The molecule has 1 nitrogen and oxygen atoms in total. The lowest BCUT2D eigenvalue weighted by atomic mass is 9.79. The SMILES string of the molecule is CC.COC(C)(C)C(C)(C)C. The van der Waals surface area contributed by atoms with Gasteiger partial charge in [-0.1, -0.05) is 34.6 Å². The molecule has 11 heavy (non-hydrogen) atoms. The first-order chi connectivity index (χ1) is 4.81. The molecule has 70 valence electrons. The van der Waals surface area contributed by atoms with Gasteiger partial charge in [0.05, 0.1) is 5.60 Å². The van der Waals surface area contributed by atoms with E-state index in [0.29, 0.717) is 0 Å². The van der Waals surface area contributed by atoms with E-state index in [9.17, 15) is 0 Å². The molecule has 0 heterocycles. The van der Waals surface area contributed by atoms with Gasteiger partial charge in [-0.3, -0.25) is 0 Å². The maximum atomic E-state index is 5.30. The Labute approximate surface area is 72.1 Å². The van der Waals surface area contributed by atoms with Crippen molar-refractivity contribution < 1.29 is 4.74 Å². The van der Waals surface area contributed by atoms with Gasteiger partial charge in [-0.25, -0.2) is 0 Å². The second-order valence-electron chi connectivity index (χ2n) is 3.96. The number of hydrogen-bond acceptors (Lipinski definition) is 1. The topological polar surface area (TPSA) is 9.23 Å². The highest BCUT2D eigenvalue weighted by atomic mass is 16.5. The Morgan fingerprint density at radius 3 is 1.09 bits per heavy atom. The summed E-state index contributed by atoms with van der Waals surface area (Å²) in [5.41, 5.74) is 0.203. The van der Waals surface area contributed by atoms with Crippen molar-refractivity contribution in [2.45, 2.75) is 54.1 Å². The van der Waals surface area contributed by atoms with Crippen LogP contribution in [0.5, 0.6) is 0 Å². The van der Waals surface area contributed by atoms with E-state index in [2.05, 4.69) is 34.6 Å². The molecule has 0 fully saturated rings. The Hall–Kier alpha value is -0.0400. The van der Waals surface area contributed by atoms with Gasteiger partial charge in [0.25, 0.3) is 0 Å². The Kier molecular flexibility index (Phi) is 5.86. The van der Waals surface area contributed by atoms with Gasteiger partial charge >= 0.3 is 0 Å². The molecule has 0 radical (unpaired) electrons. The smallest absolute Gasteiger partial charge is 0.0670 e. The lowest BCUT2D eigenvalue weighted by molar-refractivity contribution is -0.0620. The van der Waals surface area contributed by atoms with Gasteiger partial charge in [0.1, 0.15) is 0 Å². The molecule has 1 heteroatoms. The van der Waals surface area contributed by atoms with Gasteiger partial charge in [-0.15, -0.1) is 0 Å². The normalized spacial score (nSPS) is 12.0. The van der Waals surface area contributed by atoms with Gasteiger partial charge in [-0.05, 0) is 19.3 Å². The molecule has 0 aromatic carbocycles. The summed E-state index contributed by atoms with van der Waals surface area (Å²) in [4.78, 5) is 0. The van der Waals surface area contributed by atoms with Crippen molar-refractivity contribution in [3.05, 3.63) is 0 Å². The Balaban J connectivity index is 0. The van der Waals surface area contributed by atoms with E-state index >= 15 is 0 Å². The number of ether oxygens (including phenoxy) is 1. The molecular weight excluding hydrogens is 136 g/mol. The molecule has 0 N–H and O–H groups in total. The molecule has 0 unspecified atom stereocenters. The van der Waals surface area contributed by atoms with Crippen molar-refractivity contribution in [1.82, 2.24) is 0 Å². The summed E-state index contributed by atoms with van der Waals surface area (Å²) >= 11 is 0. The third-order valence-electron chi connectivity index (χ3n) is 2.32. The van der Waals surface area contributed by atoms with Crippen LogP contribution in [-0.4, -0.2) is 12.7 Å². The van der Waals surface area contributed by atoms with Crippen LogP contribution in [0.4, 0.5) is 0 Å². The van der Waals surface area contributed by atoms with E-state index in [4.69, 9.17) is 4.74 Å². The fourth-order valence-corrected chi connectivity index (χ4v) is 0.306. The summed E-state index contributed by atoms with van der Waals surface area (Å²) < 4.78 is 5.30. The molecule has 0 saturated carbocycles. The average molecular weight is 160 g/mol. The van der Waals surface area contributed by atoms with Crippen LogP contribution in [0.15, 0.2) is 0 Å². The fraction of sp³-hybridized carbons (Fsp3) is 1.00. The first kappa shape index (κ1) is 13.5. The molecule has 0 aromatic heterocycles. The van der Waals surface area contributed by atoms with E-state index in [1.807, 2.05) is 13.8 Å². The Morgan fingerprint density at radius 2 is 1.09 bits per heavy atom. The molecule has 0 saturated heterocycles. The van der Waals surface area contributed by atoms with Crippen molar-refractivity contribution in [2.75, 3.05) is 7.11 Å². The summed E-state index contributed by atoms with van der Waals surface area (Å²) in [6.07, 6.45) is 0. The van der Waals surface area contributed by atoms with Crippen molar-refractivity contribution in [3.8, 4) is 0 Å². The highest BCUT2D eigenvalue weighted by molar-refractivity contribution is 4.82. The predicted octanol–water partition coefficient (Wildman–Crippen LogP) is 3.48. The molecule has 0 amide bonds. The molecular formula is C10H24O. The average Bonchev–Trinajstić information content (AvgIpc) is 1.90. The van der Waals surface area contributed by atoms with Gasteiger partial charge in [0.2, 0.25) is 0 Å². The largest absolute Gasteiger partial charge is 0.378 e. The predicted molar refractivity (Wildman–Crippen MR) is 51.9 cm³/mol. The Morgan fingerprint density at radius 1 is 0.818 bits per heavy atom. The van der Waals surface area contributed by atoms with Crippen LogP contribution in [0.2, 0.25) is 0 Å². The summed E-state index contributed by atoms with van der Waals surface area (Å²) in [5.74, 6) is 0. The number of hydrogen-bond donors (Lipinski definition) is 0. The summed E-state index contributed by atoms with van der Waals surface area (Å²) in [7, 11) is 1.76. The minimum absolute atomic E-state index is 0.0208. The lowest BCUT2D eigenvalue weighted by Gasteiger charge is -2.37. The summed E-state index contributed by atoms with van der Waals surface area (Å²) in [5, 5.41) is 0. The van der Waals surface area contributed by atoms with Crippen LogP contribution in [0, 0.1) is 5.41 Å². The molecule has 0 aromatic rings. The van der Waals surface area contributed by atoms with Crippen LogP contribution in [0.25, 0.3) is 0 Å². The maximum absolute atomic E-state index is 5.30. The van der Waals surface area contributed by atoms with Gasteiger partial charge in [0.15, 0.2) is 0 Å². The second kappa shape index (κ2) is 4.76. The third-order valence-corrected chi connectivity index (χ3v) is 2.32. The first-order valence-corrected chi connectivity index (χ1v) is 4.36. The first-order valence-electron chi connectivity index (χ1n) is 4.36. The Bertz CT molecular complexity index is 87.5. The maximum Gasteiger partial charge on any atom is 0.0670 e. The van der Waals surface area contributed by atoms with Gasteiger partial charge in [0, 0.05) is 7.11 Å². The monoisotopic (exact) mass is 160 g/mol. The van der Waals surface area contributed by atoms with E-state index in [1.54, 1.807) is 7.11 Å². The number of methoxy groups -OCH3 is 1. The van der Waals surface area contributed by atoms with Crippen LogP contribution in [0.3, 0.4) is 0 Å². The van der Waals surface area contributed by atoms with Crippen molar-refractivity contribution in [1.29, 1.82) is 0 Å². The van der Waals surface area contributed by atoms with Crippen molar-refractivity contribution >= 4 is 0 Å². The molecule has 0 atom stereocenters. The van der Waals surface area contributed by atoms with Crippen molar-refractivity contribution in [3.63, 3.8) is 0 Å². The van der Waals surface area contributed by atoms with Crippen LogP contribution < -0.4 is 0 Å². The van der Waals surface area contributed by atoms with Crippen molar-refractivity contribution in [2.24, 2.45) is 5.41 Å². The molecule has 0 aliphatic rings. The quantitative estimate of drug-likeness (QED) is 0.570. The minimum Gasteiger partial charge on any atom is -0.378 e. The standard InChI is InChI=1S/C8H18O.C2H6/c1-7(2,3)8(4,5)9-6;1-2/h1-6H3;1-2H3. The molecule has 0 aliphatic carbocycles. The minimum atomic E-state index is -0.0208. The fourth-order valence-electron chi connectivity index (χ4n) is 0.306.